The van der Waals surface area contributed by atoms with Gasteiger partial charge in [-0.2, -0.15) is 5.10 Å². The predicted molar refractivity (Wildman–Crippen MR) is 97.8 cm³/mol. The monoisotopic (exact) mass is 353 g/mol. The van der Waals surface area contributed by atoms with E-state index in [1.807, 2.05) is 46.6 Å². The van der Waals surface area contributed by atoms with E-state index in [-0.39, 0.29) is 11.9 Å². The number of piperidine rings is 1. The number of para-hydroxylation sites is 1. The average molecular weight is 353 g/mol. The smallest absolute Gasteiger partial charge is 0.273 e. The van der Waals surface area contributed by atoms with Gasteiger partial charge in [0.05, 0.1) is 11.9 Å². The van der Waals surface area contributed by atoms with Crippen LogP contribution in [0.4, 0.5) is 0 Å². The molecule has 25 heavy (non-hydrogen) atoms. The zero-order valence-corrected chi connectivity index (χ0v) is 14.5. The second kappa shape index (κ2) is 6.78. The Balaban J connectivity index is 1.53. The van der Waals surface area contributed by atoms with Gasteiger partial charge in [0, 0.05) is 36.3 Å². The van der Waals surface area contributed by atoms with Crippen LogP contribution in [-0.4, -0.2) is 44.7 Å². The summed E-state index contributed by atoms with van der Waals surface area (Å²) < 4.78 is 1.81. The van der Waals surface area contributed by atoms with Gasteiger partial charge < -0.3 is 10.6 Å². The third-order valence-corrected chi connectivity index (χ3v) is 5.21. The third-order valence-electron chi connectivity index (χ3n) is 4.32. The molecular formula is C18H19N5OS. The Morgan fingerprint density at radius 3 is 2.92 bits per heavy atom. The highest BCUT2D eigenvalue weighted by atomic mass is 32.1. The molecule has 1 saturated heterocycles. The number of amides is 1. The summed E-state index contributed by atoms with van der Waals surface area (Å²) in [5, 5.41) is 7.00. The molecule has 0 bridgehead atoms. The van der Waals surface area contributed by atoms with Crippen molar-refractivity contribution < 1.29 is 4.79 Å². The molecule has 1 fully saturated rings. The van der Waals surface area contributed by atoms with Gasteiger partial charge in [-0.05, 0) is 25.0 Å². The number of hydrogen-bond donors (Lipinski definition) is 1. The van der Waals surface area contributed by atoms with Gasteiger partial charge in [-0.1, -0.05) is 18.2 Å². The third kappa shape index (κ3) is 3.33. The van der Waals surface area contributed by atoms with Crippen LogP contribution in [0.3, 0.4) is 0 Å². The van der Waals surface area contributed by atoms with Crippen molar-refractivity contribution in [1.29, 1.82) is 0 Å². The summed E-state index contributed by atoms with van der Waals surface area (Å²) in [6.45, 7) is 1.36. The fourth-order valence-electron chi connectivity index (χ4n) is 3.02. The summed E-state index contributed by atoms with van der Waals surface area (Å²) in [5.74, 6) is -0.0342. The molecule has 1 aliphatic rings. The fourth-order valence-corrected chi connectivity index (χ4v) is 3.79. The molecule has 2 N–H and O–H groups in total. The highest BCUT2D eigenvalue weighted by Gasteiger charge is 2.24. The summed E-state index contributed by atoms with van der Waals surface area (Å²) in [4.78, 5) is 18.9. The van der Waals surface area contributed by atoms with E-state index in [2.05, 4.69) is 10.1 Å². The first-order valence-electron chi connectivity index (χ1n) is 8.31. The first-order chi connectivity index (χ1) is 12.2. The maximum Gasteiger partial charge on any atom is 0.273 e. The molecular weight excluding hydrogens is 334 g/mol. The number of rotatable bonds is 3. The molecule has 1 aromatic carbocycles. The summed E-state index contributed by atoms with van der Waals surface area (Å²) in [5.41, 5.74) is 8.36. The van der Waals surface area contributed by atoms with E-state index in [0.29, 0.717) is 12.2 Å². The van der Waals surface area contributed by atoms with Crippen LogP contribution in [0.5, 0.6) is 0 Å². The van der Waals surface area contributed by atoms with E-state index < -0.39 is 0 Å². The number of hydrogen-bond acceptors (Lipinski definition) is 5. The minimum Gasteiger partial charge on any atom is -0.336 e. The zero-order chi connectivity index (χ0) is 17.2. The van der Waals surface area contributed by atoms with Crippen molar-refractivity contribution in [3.63, 3.8) is 0 Å². The maximum atomic E-state index is 12.6. The molecule has 1 amide bonds. The van der Waals surface area contributed by atoms with Crippen LogP contribution in [0.2, 0.25) is 0 Å². The SMILES string of the molecule is NC1CCCN(C(=O)c2csc(-c3cnn(-c4ccccc4)c3)n2)C1. The lowest BCUT2D eigenvalue weighted by atomic mass is 10.1. The Kier molecular flexibility index (Phi) is 4.33. The molecule has 1 atom stereocenters. The van der Waals surface area contributed by atoms with E-state index in [1.165, 1.54) is 11.3 Å². The van der Waals surface area contributed by atoms with Crippen LogP contribution in [-0.2, 0) is 0 Å². The minimum atomic E-state index is -0.0342. The van der Waals surface area contributed by atoms with Crippen LogP contribution in [0.15, 0.2) is 48.1 Å². The molecule has 0 saturated carbocycles. The van der Waals surface area contributed by atoms with Crippen LogP contribution in [0.25, 0.3) is 16.3 Å². The highest BCUT2D eigenvalue weighted by molar-refractivity contribution is 7.13. The highest BCUT2D eigenvalue weighted by Crippen LogP contribution is 2.25. The van der Waals surface area contributed by atoms with Crippen molar-refractivity contribution in [3.05, 3.63) is 53.8 Å². The normalized spacial score (nSPS) is 17.6. The van der Waals surface area contributed by atoms with E-state index in [4.69, 9.17) is 5.73 Å². The van der Waals surface area contributed by atoms with Crippen LogP contribution in [0.1, 0.15) is 23.3 Å². The van der Waals surface area contributed by atoms with Gasteiger partial charge in [0.1, 0.15) is 10.7 Å². The molecule has 3 aromatic rings. The Bertz CT molecular complexity index is 872. The van der Waals surface area contributed by atoms with Crippen molar-refractivity contribution in [1.82, 2.24) is 19.7 Å². The Labute approximate surface area is 149 Å². The molecule has 2 aromatic heterocycles. The Hall–Kier alpha value is -2.51. The lowest BCUT2D eigenvalue weighted by molar-refractivity contribution is 0.0704. The van der Waals surface area contributed by atoms with Gasteiger partial charge in [0.15, 0.2) is 0 Å². The predicted octanol–water partition coefficient (Wildman–Crippen LogP) is 2.56. The van der Waals surface area contributed by atoms with Crippen LogP contribution in [0, 0.1) is 0 Å². The van der Waals surface area contributed by atoms with Gasteiger partial charge in [0.2, 0.25) is 0 Å². The van der Waals surface area contributed by atoms with Gasteiger partial charge in [0.25, 0.3) is 5.91 Å². The number of aromatic nitrogens is 3. The molecule has 3 heterocycles. The number of thiazole rings is 1. The van der Waals surface area contributed by atoms with Crippen molar-refractivity contribution in [2.75, 3.05) is 13.1 Å². The van der Waals surface area contributed by atoms with Crippen molar-refractivity contribution in [2.45, 2.75) is 18.9 Å². The molecule has 7 heteroatoms. The van der Waals surface area contributed by atoms with E-state index >= 15 is 0 Å². The number of nitrogens with zero attached hydrogens (tertiary/aromatic N) is 4. The number of carbonyl (C=O) groups is 1. The molecule has 0 aliphatic carbocycles. The van der Waals surface area contributed by atoms with Crippen molar-refractivity contribution in [3.8, 4) is 16.3 Å². The van der Waals surface area contributed by atoms with E-state index in [9.17, 15) is 4.79 Å². The topological polar surface area (TPSA) is 77.0 Å². The zero-order valence-electron chi connectivity index (χ0n) is 13.7. The van der Waals surface area contributed by atoms with Crippen LogP contribution >= 0.6 is 11.3 Å². The van der Waals surface area contributed by atoms with Gasteiger partial charge in [-0.3, -0.25) is 4.79 Å². The van der Waals surface area contributed by atoms with Gasteiger partial charge in [-0.25, -0.2) is 9.67 Å². The largest absolute Gasteiger partial charge is 0.336 e. The lowest BCUT2D eigenvalue weighted by Gasteiger charge is -2.30. The maximum absolute atomic E-state index is 12.6. The lowest BCUT2D eigenvalue weighted by Crippen LogP contribution is -2.45. The summed E-state index contributed by atoms with van der Waals surface area (Å²) in [6.07, 6.45) is 5.63. The molecule has 1 unspecified atom stereocenters. The first kappa shape index (κ1) is 16.0. The fraction of sp³-hybridized carbons (Fsp3) is 0.278. The molecule has 0 radical (unpaired) electrons. The molecule has 1 aliphatic heterocycles. The second-order valence-electron chi connectivity index (χ2n) is 6.20. The average Bonchev–Trinajstić information content (AvgIpc) is 3.31. The Morgan fingerprint density at radius 2 is 2.12 bits per heavy atom. The Morgan fingerprint density at radius 1 is 1.28 bits per heavy atom. The standard InChI is InChI=1S/C18H19N5OS/c19-14-5-4-8-22(11-14)18(24)16-12-25-17(21-16)13-9-20-23(10-13)15-6-2-1-3-7-15/h1-3,6-7,9-10,12,14H,4-5,8,11,19H2. The summed E-state index contributed by atoms with van der Waals surface area (Å²) >= 11 is 1.46. The van der Waals surface area contributed by atoms with Gasteiger partial charge >= 0.3 is 0 Å². The van der Waals surface area contributed by atoms with E-state index in [1.54, 1.807) is 11.1 Å². The molecule has 6 nitrogen and oxygen atoms in total. The summed E-state index contributed by atoms with van der Waals surface area (Å²) in [7, 11) is 0. The second-order valence-corrected chi connectivity index (χ2v) is 7.06. The minimum absolute atomic E-state index is 0.0342. The number of benzene rings is 1. The number of likely N-dealkylation sites (tertiary alicyclic amines) is 1. The number of nitrogens with two attached hydrogens (primary N) is 1. The van der Waals surface area contributed by atoms with Crippen LogP contribution < -0.4 is 5.73 Å². The molecule has 128 valence electrons. The molecule has 4 rings (SSSR count). The van der Waals surface area contributed by atoms with E-state index in [0.717, 1.165) is 35.6 Å². The first-order valence-corrected chi connectivity index (χ1v) is 9.19. The van der Waals surface area contributed by atoms with Crippen molar-refractivity contribution in [2.24, 2.45) is 5.73 Å². The van der Waals surface area contributed by atoms with Gasteiger partial charge in [-0.15, -0.1) is 11.3 Å². The molecule has 0 spiro atoms. The van der Waals surface area contributed by atoms with Crippen molar-refractivity contribution >= 4 is 17.2 Å². The number of carbonyl (C=O) groups excluding carboxylic acids is 1. The quantitative estimate of drug-likeness (QED) is 0.785. The summed E-state index contributed by atoms with van der Waals surface area (Å²) in [6, 6.07) is 9.97.